The number of hydrogen-bond acceptors (Lipinski definition) is 3. The minimum atomic E-state index is 0. The van der Waals surface area contributed by atoms with Crippen LogP contribution in [0.2, 0.25) is 0 Å². The molecule has 0 atom stereocenters. The van der Waals surface area contributed by atoms with Crippen LogP contribution in [0.15, 0.2) is 4.99 Å². The van der Waals surface area contributed by atoms with Gasteiger partial charge in [-0.15, -0.1) is 24.0 Å². The summed E-state index contributed by atoms with van der Waals surface area (Å²) >= 11 is 0. The molecule has 0 heterocycles. The molecule has 6 nitrogen and oxygen atoms in total. The topological polar surface area (TPSA) is 74.8 Å². The van der Waals surface area contributed by atoms with Crippen LogP contribution >= 0.6 is 24.0 Å². The Morgan fingerprint density at radius 3 is 2.50 bits per heavy atom. The Bertz CT molecular complexity index is 263. The normalized spacial score (nSPS) is 10.7. The summed E-state index contributed by atoms with van der Waals surface area (Å²) in [5.74, 6) is 0.825. The Hall–Kier alpha value is -0.570. The molecule has 7 heteroatoms. The molecule has 0 unspecified atom stereocenters. The first-order valence-electron chi connectivity index (χ1n) is 7.02. The number of hydrogen-bond donors (Lipinski definition) is 3. The van der Waals surface area contributed by atoms with Gasteiger partial charge in [-0.3, -0.25) is 9.79 Å². The summed E-state index contributed by atoms with van der Waals surface area (Å²) in [7, 11) is 1.68. The molecule has 0 saturated carbocycles. The summed E-state index contributed by atoms with van der Waals surface area (Å²) < 4.78 is 4.97. The Balaban J connectivity index is 0. The SMILES string of the molecule is CCCNC(=O)CCNC(=NCCCOC)NCC.I. The number of nitrogens with zero attached hydrogens (tertiary/aromatic N) is 1. The molecule has 0 aliphatic carbocycles. The second-order valence-electron chi connectivity index (χ2n) is 4.13. The predicted molar refractivity (Wildman–Crippen MR) is 93.8 cm³/mol. The maximum absolute atomic E-state index is 11.4. The fourth-order valence-electron chi connectivity index (χ4n) is 1.39. The molecule has 0 fully saturated rings. The zero-order chi connectivity index (χ0) is 14.3. The summed E-state index contributed by atoms with van der Waals surface area (Å²) in [6, 6.07) is 0. The predicted octanol–water partition coefficient (Wildman–Crippen LogP) is 1.11. The van der Waals surface area contributed by atoms with Crippen LogP contribution in [0.3, 0.4) is 0 Å². The van der Waals surface area contributed by atoms with Gasteiger partial charge in [-0.1, -0.05) is 6.92 Å². The minimum Gasteiger partial charge on any atom is -0.385 e. The van der Waals surface area contributed by atoms with E-state index in [1.807, 2.05) is 13.8 Å². The van der Waals surface area contributed by atoms with Crippen LogP contribution in [0.4, 0.5) is 0 Å². The Morgan fingerprint density at radius 1 is 1.15 bits per heavy atom. The van der Waals surface area contributed by atoms with Crippen molar-refractivity contribution >= 4 is 35.8 Å². The zero-order valence-electron chi connectivity index (χ0n) is 12.8. The molecule has 120 valence electrons. The highest BCUT2D eigenvalue weighted by Gasteiger charge is 2.01. The monoisotopic (exact) mass is 400 g/mol. The van der Waals surface area contributed by atoms with E-state index in [4.69, 9.17) is 4.74 Å². The largest absolute Gasteiger partial charge is 0.385 e. The van der Waals surface area contributed by atoms with Gasteiger partial charge in [0.2, 0.25) is 5.91 Å². The highest BCUT2D eigenvalue weighted by molar-refractivity contribution is 14.0. The summed E-state index contributed by atoms with van der Waals surface area (Å²) in [4.78, 5) is 15.8. The summed E-state index contributed by atoms with van der Waals surface area (Å²) in [5, 5.41) is 9.13. The Morgan fingerprint density at radius 2 is 1.90 bits per heavy atom. The maximum Gasteiger partial charge on any atom is 0.221 e. The lowest BCUT2D eigenvalue weighted by Gasteiger charge is -2.11. The first-order valence-corrected chi connectivity index (χ1v) is 7.02. The summed E-state index contributed by atoms with van der Waals surface area (Å²) in [6.07, 6.45) is 2.31. The van der Waals surface area contributed by atoms with Crippen molar-refractivity contribution < 1.29 is 9.53 Å². The second kappa shape index (κ2) is 16.5. The van der Waals surface area contributed by atoms with E-state index in [-0.39, 0.29) is 29.9 Å². The van der Waals surface area contributed by atoms with Crippen LogP contribution in [0.25, 0.3) is 0 Å². The molecule has 1 amide bonds. The quantitative estimate of drug-likeness (QED) is 0.222. The molecule has 0 spiro atoms. The highest BCUT2D eigenvalue weighted by Crippen LogP contribution is 1.84. The maximum atomic E-state index is 11.4. The van der Waals surface area contributed by atoms with Crippen molar-refractivity contribution in [1.82, 2.24) is 16.0 Å². The molecule has 0 saturated heterocycles. The number of amides is 1. The van der Waals surface area contributed by atoms with Crippen molar-refractivity contribution in [1.29, 1.82) is 0 Å². The number of carbonyl (C=O) groups excluding carboxylic acids is 1. The van der Waals surface area contributed by atoms with Gasteiger partial charge < -0.3 is 20.7 Å². The van der Waals surface area contributed by atoms with Gasteiger partial charge in [0.05, 0.1) is 0 Å². The molecular weight excluding hydrogens is 371 g/mol. The van der Waals surface area contributed by atoms with Gasteiger partial charge in [-0.2, -0.15) is 0 Å². The average molecular weight is 400 g/mol. The molecule has 0 aliphatic heterocycles. The van der Waals surface area contributed by atoms with Crippen molar-refractivity contribution in [2.75, 3.05) is 39.9 Å². The van der Waals surface area contributed by atoms with E-state index in [2.05, 4.69) is 20.9 Å². The van der Waals surface area contributed by atoms with Gasteiger partial charge in [-0.25, -0.2) is 0 Å². The summed E-state index contributed by atoms with van der Waals surface area (Å²) in [6.45, 7) is 7.61. The number of halogens is 1. The molecule has 0 aromatic carbocycles. The van der Waals surface area contributed by atoms with E-state index in [0.717, 1.165) is 31.9 Å². The average Bonchev–Trinajstić information content (AvgIpc) is 2.41. The first kappa shape index (κ1) is 21.7. The van der Waals surface area contributed by atoms with Gasteiger partial charge in [0.15, 0.2) is 5.96 Å². The van der Waals surface area contributed by atoms with Gasteiger partial charge in [0.1, 0.15) is 0 Å². The third-order valence-corrected chi connectivity index (χ3v) is 2.34. The first-order chi connectivity index (χ1) is 9.24. The fourth-order valence-corrected chi connectivity index (χ4v) is 1.39. The van der Waals surface area contributed by atoms with E-state index in [0.29, 0.717) is 26.1 Å². The standard InChI is InChI=1S/C13H28N4O2.HI/c1-4-8-15-12(18)7-10-17-13(14-5-2)16-9-6-11-19-3;/h4-11H2,1-3H3,(H,15,18)(H2,14,16,17);1H. The second-order valence-corrected chi connectivity index (χ2v) is 4.13. The van der Waals surface area contributed by atoms with E-state index < -0.39 is 0 Å². The molecule has 0 bridgehead atoms. The van der Waals surface area contributed by atoms with Crippen molar-refractivity contribution in [2.24, 2.45) is 4.99 Å². The lowest BCUT2D eigenvalue weighted by Crippen LogP contribution is -2.39. The zero-order valence-corrected chi connectivity index (χ0v) is 15.2. The Kier molecular flexibility index (Phi) is 17.9. The van der Waals surface area contributed by atoms with Crippen molar-refractivity contribution in [3.05, 3.63) is 0 Å². The van der Waals surface area contributed by atoms with Crippen LogP contribution in [0, 0.1) is 0 Å². The third-order valence-electron chi connectivity index (χ3n) is 2.34. The van der Waals surface area contributed by atoms with E-state index in [1.54, 1.807) is 7.11 Å². The molecule has 0 aromatic heterocycles. The van der Waals surface area contributed by atoms with E-state index in [1.165, 1.54) is 0 Å². The van der Waals surface area contributed by atoms with Gasteiger partial charge >= 0.3 is 0 Å². The lowest BCUT2D eigenvalue weighted by atomic mass is 10.4. The van der Waals surface area contributed by atoms with Crippen LogP contribution in [-0.2, 0) is 9.53 Å². The van der Waals surface area contributed by atoms with E-state index >= 15 is 0 Å². The van der Waals surface area contributed by atoms with Crippen LogP contribution in [0.1, 0.15) is 33.1 Å². The van der Waals surface area contributed by atoms with Gasteiger partial charge in [0, 0.05) is 46.3 Å². The lowest BCUT2D eigenvalue weighted by molar-refractivity contribution is -0.120. The molecule has 20 heavy (non-hydrogen) atoms. The number of rotatable bonds is 10. The van der Waals surface area contributed by atoms with Crippen molar-refractivity contribution in [3.8, 4) is 0 Å². The van der Waals surface area contributed by atoms with Crippen molar-refractivity contribution in [2.45, 2.75) is 33.1 Å². The minimum absolute atomic E-state index is 0. The van der Waals surface area contributed by atoms with Crippen LogP contribution in [-0.4, -0.2) is 51.8 Å². The van der Waals surface area contributed by atoms with Crippen LogP contribution in [0.5, 0.6) is 0 Å². The summed E-state index contributed by atoms with van der Waals surface area (Å²) in [5.41, 5.74) is 0. The molecule has 3 N–H and O–H groups in total. The number of methoxy groups -OCH3 is 1. The van der Waals surface area contributed by atoms with Crippen LogP contribution < -0.4 is 16.0 Å². The van der Waals surface area contributed by atoms with Crippen molar-refractivity contribution in [3.63, 3.8) is 0 Å². The number of nitrogens with one attached hydrogen (secondary N) is 3. The number of aliphatic imine (C=N–C) groups is 1. The molecule has 0 aliphatic rings. The van der Waals surface area contributed by atoms with Gasteiger partial charge in [-0.05, 0) is 19.8 Å². The molecule has 0 rings (SSSR count). The number of guanidine groups is 1. The Labute approximate surface area is 139 Å². The highest BCUT2D eigenvalue weighted by atomic mass is 127. The molecular formula is C13H29IN4O2. The fraction of sp³-hybridized carbons (Fsp3) is 0.846. The van der Waals surface area contributed by atoms with E-state index in [9.17, 15) is 4.79 Å². The number of carbonyl (C=O) groups is 1. The molecule has 0 radical (unpaired) electrons. The smallest absolute Gasteiger partial charge is 0.221 e. The van der Waals surface area contributed by atoms with Gasteiger partial charge in [0.25, 0.3) is 0 Å². The number of ether oxygens (including phenoxy) is 1. The molecule has 0 aromatic rings. The third kappa shape index (κ3) is 13.9.